The molecule has 0 aliphatic carbocycles. The van der Waals surface area contributed by atoms with Crippen LogP contribution in [0.4, 0.5) is 13.2 Å². The van der Waals surface area contributed by atoms with Gasteiger partial charge in [0, 0.05) is 16.6 Å². The van der Waals surface area contributed by atoms with Gasteiger partial charge < -0.3 is 5.73 Å². The summed E-state index contributed by atoms with van der Waals surface area (Å²) in [4.78, 5) is 5.33. The van der Waals surface area contributed by atoms with E-state index >= 15 is 0 Å². The molecule has 0 fully saturated rings. The van der Waals surface area contributed by atoms with Gasteiger partial charge >= 0.3 is 6.18 Å². The molecule has 0 unspecified atom stereocenters. The summed E-state index contributed by atoms with van der Waals surface area (Å²) in [5.41, 5.74) is 5.49. The Bertz CT molecular complexity index is 532. The maximum absolute atomic E-state index is 12.4. The summed E-state index contributed by atoms with van der Waals surface area (Å²) >= 11 is 1.49. The van der Waals surface area contributed by atoms with Crippen LogP contribution in [0.3, 0.4) is 0 Å². The Balaban J connectivity index is 2.16. The smallest absolute Gasteiger partial charge is 0.330 e. The highest BCUT2D eigenvalue weighted by atomic mass is 32.1. The average molecular weight is 286 g/mol. The van der Waals surface area contributed by atoms with Crippen molar-refractivity contribution in [2.45, 2.75) is 19.0 Å². The first-order valence-corrected chi connectivity index (χ1v) is 6.65. The van der Waals surface area contributed by atoms with Crippen molar-refractivity contribution < 1.29 is 13.2 Å². The second-order valence-electron chi connectivity index (χ2n) is 4.10. The Morgan fingerprint density at radius 3 is 2.42 bits per heavy atom. The van der Waals surface area contributed by atoms with Crippen molar-refractivity contribution in [3.05, 3.63) is 40.9 Å². The highest BCUT2D eigenvalue weighted by Crippen LogP contribution is 2.32. The molecule has 2 aromatic rings. The first-order chi connectivity index (χ1) is 9.00. The first-order valence-electron chi connectivity index (χ1n) is 5.83. The van der Waals surface area contributed by atoms with Crippen molar-refractivity contribution >= 4 is 11.3 Å². The molecule has 2 N–H and O–H groups in total. The lowest BCUT2D eigenvalue weighted by Crippen LogP contribution is -2.03. The SMILES string of the molecule is NCCCc1cnc(-c2ccc(C(F)(F)F)cc2)s1. The van der Waals surface area contributed by atoms with E-state index in [2.05, 4.69) is 4.98 Å². The lowest BCUT2D eigenvalue weighted by Gasteiger charge is -2.06. The van der Waals surface area contributed by atoms with Crippen LogP contribution in [0.25, 0.3) is 10.6 Å². The molecule has 6 heteroatoms. The zero-order chi connectivity index (χ0) is 13.9. The number of aryl methyl sites for hydroxylation is 1. The molecule has 2 rings (SSSR count). The molecular weight excluding hydrogens is 273 g/mol. The first kappa shape index (κ1) is 14.0. The van der Waals surface area contributed by atoms with E-state index in [0.717, 1.165) is 34.9 Å². The van der Waals surface area contributed by atoms with Crippen LogP contribution < -0.4 is 5.73 Å². The minimum absolute atomic E-state index is 0.619. The molecule has 0 amide bonds. The lowest BCUT2D eigenvalue weighted by atomic mass is 10.1. The number of thiazole rings is 1. The van der Waals surface area contributed by atoms with Gasteiger partial charge in [-0.05, 0) is 31.5 Å². The number of nitrogens with two attached hydrogens (primary N) is 1. The summed E-state index contributed by atoms with van der Waals surface area (Å²) in [5.74, 6) is 0. The average Bonchev–Trinajstić information content (AvgIpc) is 2.84. The summed E-state index contributed by atoms with van der Waals surface area (Å²) in [5, 5.41) is 0.737. The maximum Gasteiger partial charge on any atom is 0.416 e. The van der Waals surface area contributed by atoms with Crippen molar-refractivity contribution in [3.8, 4) is 10.6 Å². The standard InChI is InChI=1S/C13H13F3N2S/c14-13(15,16)10-5-3-9(4-6-10)12-18-8-11(19-12)2-1-7-17/h3-6,8H,1-2,7,17H2. The highest BCUT2D eigenvalue weighted by Gasteiger charge is 2.30. The van der Waals surface area contributed by atoms with Crippen LogP contribution in [0.15, 0.2) is 30.5 Å². The van der Waals surface area contributed by atoms with Gasteiger partial charge in [0.25, 0.3) is 0 Å². The fraction of sp³-hybridized carbons (Fsp3) is 0.308. The van der Waals surface area contributed by atoms with E-state index in [9.17, 15) is 13.2 Å². The molecule has 0 aliphatic heterocycles. The zero-order valence-corrected chi connectivity index (χ0v) is 10.9. The highest BCUT2D eigenvalue weighted by molar-refractivity contribution is 7.15. The van der Waals surface area contributed by atoms with Gasteiger partial charge in [0.1, 0.15) is 5.01 Å². The summed E-state index contributed by atoms with van der Waals surface area (Å²) in [6.45, 7) is 0.619. The molecule has 1 aromatic carbocycles. The number of nitrogens with zero attached hydrogens (tertiary/aromatic N) is 1. The zero-order valence-electron chi connectivity index (χ0n) is 10.1. The lowest BCUT2D eigenvalue weighted by molar-refractivity contribution is -0.137. The van der Waals surface area contributed by atoms with Gasteiger partial charge in [-0.15, -0.1) is 11.3 Å². The number of alkyl halides is 3. The van der Waals surface area contributed by atoms with Gasteiger partial charge in [-0.3, -0.25) is 0 Å². The molecular formula is C13H13F3N2S. The quantitative estimate of drug-likeness (QED) is 0.930. The monoisotopic (exact) mass is 286 g/mol. The number of aromatic nitrogens is 1. The normalized spacial score (nSPS) is 11.8. The van der Waals surface area contributed by atoms with E-state index < -0.39 is 11.7 Å². The van der Waals surface area contributed by atoms with Crippen LogP contribution in [-0.2, 0) is 12.6 Å². The van der Waals surface area contributed by atoms with Crippen LogP contribution in [0.1, 0.15) is 16.9 Å². The Morgan fingerprint density at radius 1 is 1.16 bits per heavy atom. The minimum atomic E-state index is -4.30. The van der Waals surface area contributed by atoms with Crippen molar-refractivity contribution in [2.75, 3.05) is 6.54 Å². The molecule has 2 nitrogen and oxygen atoms in total. The molecule has 102 valence electrons. The summed E-state index contributed by atoms with van der Waals surface area (Å²) in [6, 6.07) is 5.06. The van der Waals surface area contributed by atoms with Crippen LogP contribution in [0.5, 0.6) is 0 Å². The van der Waals surface area contributed by atoms with E-state index in [-0.39, 0.29) is 0 Å². The third kappa shape index (κ3) is 3.54. The molecule has 0 spiro atoms. The van der Waals surface area contributed by atoms with Gasteiger partial charge in [0.15, 0.2) is 0 Å². The fourth-order valence-electron chi connectivity index (χ4n) is 1.63. The van der Waals surface area contributed by atoms with E-state index in [1.165, 1.54) is 23.5 Å². The summed E-state index contributed by atoms with van der Waals surface area (Å²) < 4.78 is 37.3. The Hall–Kier alpha value is -1.40. The number of benzene rings is 1. The molecule has 0 atom stereocenters. The van der Waals surface area contributed by atoms with Gasteiger partial charge in [-0.1, -0.05) is 12.1 Å². The molecule has 0 aliphatic rings. The Kier molecular flexibility index (Phi) is 4.21. The number of hydrogen-bond donors (Lipinski definition) is 1. The third-order valence-electron chi connectivity index (χ3n) is 2.64. The van der Waals surface area contributed by atoms with Crippen LogP contribution >= 0.6 is 11.3 Å². The van der Waals surface area contributed by atoms with E-state index in [1.807, 2.05) is 0 Å². The van der Waals surface area contributed by atoms with Crippen molar-refractivity contribution in [3.63, 3.8) is 0 Å². The van der Waals surface area contributed by atoms with E-state index in [4.69, 9.17) is 5.73 Å². The van der Waals surface area contributed by atoms with E-state index in [0.29, 0.717) is 12.1 Å². The second-order valence-corrected chi connectivity index (χ2v) is 5.21. The third-order valence-corrected chi connectivity index (χ3v) is 3.75. The van der Waals surface area contributed by atoms with Crippen LogP contribution in [0.2, 0.25) is 0 Å². The second kappa shape index (κ2) is 5.71. The number of hydrogen-bond acceptors (Lipinski definition) is 3. The topological polar surface area (TPSA) is 38.9 Å². The summed E-state index contributed by atoms with van der Waals surface area (Å²) in [7, 11) is 0. The van der Waals surface area contributed by atoms with Gasteiger partial charge in [0.2, 0.25) is 0 Å². The Morgan fingerprint density at radius 2 is 1.84 bits per heavy atom. The molecule has 0 bridgehead atoms. The molecule has 0 saturated heterocycles. The van der Waals surface area contributed by atoms with Crippen molar-refractivity contribution in [2.24, 2.45) is 5.73 Å². The number of halogens is 3. The fourth-order valence-corrected chi connectivity index (χ4v) is 2.59. The maximum atomic E-state index is 12.4. The van der Waals surface area contributed by atoms with Gasteiger partial charge in [0.05, 0.1) is 5.56 Å². The van der Waals surface area contributed by atoms with Crippen molar-refractivity contribution in [1.29, 1.82) is 0 Å². The molecule has 0 radical (unpaired) electrons. The van der Waals surface area contributed by atoms with Crippen LogP contribution in [0, 0.1) is 0 Å². The van der Waals surface area contributed by atoms with Crippen LogP contribution in [-0.4, -0.2) is 11.5 Å². The predicted molar refractivity (Wildman–Crippen MR) is 69.9 cm³/mol. The largest absolute Gasteiger partial charge is 0.416 e. The van der Waals surface area contributed by atoms with Crippen molar-refractivity contribution in [1.82, 2.24) is 4.98 Å². The molecule has 1 heterocycles. The molecule has 1 aromatic heterocycles. The molecule has 0 saturated carbocycles. The van der Waals surface area contributed by atoms with Gasteiger partial charge in [-0.25, -0.2) is 4.98 Å². The number of rotatable bonds is 4. The predicted octanol–water partition coefficient (Wildman–Crippen LogP) is 3.72. The molecule has 19 heavy (non-hydrogen) atoms. The Labute approximate surface area is 113 Å². The van der Waals surface area contributed by atoms with Gasteiger partial charge in [-0.2, -0.15) is 13.2 Å². The minimum Gasteiger partial charge on any atom is -0.330 e. The summed E-state index contributed by atoms with van der Waals surface area (Å²) in [6.07, 6.45) is -0.801. The van der Waals surface area contributed by atoms with E-state index in [1.54, 1.807) is 6.20 Å².